The monoisotopic (exact) mass is 327 g/mol. The van der Waals surface area contributed by atoms with Crippen LogP contribution in [0.4, 0.5) is 5.69 Å². The number of aromatic amines is 1. The summed E-state index contributed by atoms with van der Waals surface area (Å²) in [5.41, 5.74) is 4.99. The summed E-state index contributed by atoms with van der Waals surface area (Å²) in [5, 5.41) is 7.38. The Bertz CT molecular complexity index is 609. The van der Waals surface area contributed by atoms with E-state index in [1.807, 2.05) is 12.4 Å². The van der Waals surface area contributed by atoms with Crippen molar-refractivity contribution in [1.29, 1.82) is 0 Å². The van der Waals surface area contributed by atoms with Gasteiger partial charge in [0.15, 0.2) is 0 Å². The molecular formula is C19H29N5. The van der Waals surface area contributed by atoms with Gasteiger partial charge in [0.05, 0.1) is 5.69 Å². The molecule has 0 bridgehead atoms. The predicted octanol–water partition coefficient (Wildman–Crippen LogP) is 3.16. The van der Waals surface area contributed by atoms with Gasteiger partial charge in [-0.3, -0.25) is 10.1 Å². The van der Waals surface area contributed by atoms with Gasteiger partial charge in [0.2, 0.25) is 0 Å². The second-order valence-electron chi connectivity index (χ2n) is 7.07. The molecule has 5 heteroatoms. The van der Waals surface area contributed by atoms with Gasteiger partial charge in [-0.15, -0.1) is 0 Å². The second-order valence-corrected chi connectivity index (χ2v) is 7.07. The number of piperidine rings is 1. The molecule has 5 nitrogen and oxygen atoms in total. The number of rotatable bonds is 6. The number of nitrogens with one attached hydrogen (secondary N) is 1. The first-order valence-electron chi connectivity index (χ1n) is 8.97. The lowest BCUT2D eigenvalue weighted by molar-refractivity contribution is 0.272. The molecule has 1 aliphatic heterocycles. The minimum Gasteiger partial charge on any atom is -0.371 e. The highest BCUT2D eigenvalue weighted by atomic mass is 15.1. The molecule has 24 heavy (non-hydrogen) atoms. The van der Waals surface area contributed by atoms with Crippen LogP contribution in [-0.4, -0.2) is 46.8 Å². The Morgan fingerprint density at radius 3 is 2.54 bits per heavy atom. The Morgan fingerprint density at radius 2 is 1.92 bits per heavy atom. The zero-order chi connectivity index (χ0) is 16.9. The molecule has 1 N–H and O–H groups in total. The molecule has 130 valence electrons. The van der Waals surface area contributed by atoms with E-state index < -0.39 is 0 Å². The van der Waals surface area contributed by atoms with Crippen molar-refractivity contribution < 1.29 is 0 Å². The molecule has 0 spiro atoms. The molecule has 0 aliphatic carbocycles. The van der Waals surface area contributed by atoms with Crippen LogP contribution < -0.4 is 4.90 Å². The van der Waals surface area contributed by atoms with Gasteiger partial charge in [-0.05, 0) is 64.8 Å². The Balaban J connectivity index is 1.42. The highest BCUT2D eigenvalue weighted by molar-refractivity contribution is 5.44. The normalized spacial score (nSPS) is 16.1. The van der Waals surface area contributed by atoms with Crippen molar-refractivity contribution in [3.63, 3.8) is 0 Å². The van der Waals surface area contributed by atoms with Crippen LogP contribution in [-0.2, 0) is 6.54 Å². The Labute approximate surface area is 145 Å². The average molecular weight is 327 g/mol. The molecule has 0 aromatic carbocycles. The number of H-pyrrole nitrogens is 1. The second kappa shape index (κ2) is 7.79. The average Bonchev–Trinajstić information content (AvgIpc) is 2.93. The van der Waals surface area contributed by atoms with Crippen LogP contribution in [0.15, 0.2) is 24.5 Å². The molecule has 0 unspecified atom stereocenters. The molecule has 3 rings (SSSR count). The topological polar surface area (TPSA) is 48.1 Å². The van der Waals surface area contributed by atoms with E-state index in [1.165, 1.54) is 49.3 Å². The van der Waals surface area contributed by atoms with Gasteiger partial charge in [0, 0.05) is 49.0 Å². The smallest absolute Gasteiger partial charge is 0.0639 e. The third-order valence-corrected chi connectivity index (χ3v) is 5.27. The van der Waals surface area contributed by atoms with E-state index in [4.69, 9.17) is 0 Å². The zero-order valence-electron chi connectivity index (χ0n) is 15.1. The first-order chi connectivity index (χ1) is 11.6. The van der Waals surface area contributed by atoms with Gasteiger partial charge in [0.1, 0.15) is 0 Å². The van der Waals surface area contributed by atoms with E-state index in [2.05, 4.69) is 58.0 Å². The van der Waals surface area contributed by atoms with Crippen LogP contribution in [0.25, 0.3) is 0 Å². The molecule has 0 radical (unpaired) electrons. The Hall–Kier alpha value is -1.88. The fourth-order valence-electron chi connectivity index (χ4n) is 3.59. The van der Waals surface area contributed by atoms with Gasteiger partial charge >= 0.3 is 0 Å². The number of anilines is 1. The predicted molar refractivity (Wildman–Crippen MR) is 98.2 cm³/mol. The summed E-state index contributed by atoms with van der Waals surface area (Å²) >= 11 is 0. The van der Waals surface area contributed by atoms with E-state index >= 15 is 0 Å². The van der Waals surface area contributed by atoms with Crippen LogP contribution in [0, 0.1) is 19.8 Å². The van der Waals surface area contributed by atoms with Crippen molar-refractivity contribution in [2.24, 2.45) is 5.92 Å². The maximum Gasteiger partial charge on any atom is 0.0639 e. The van der Waals surface area contributed by atoms with Crippen molar-refractivity contribution >= 4 is 5.69 Å². The highest BCUT2D eigenvalue weighted by Gasteiger charge is 2.20. The maximum absolute atomic E-state index is 4.29. The standard InChI is InChI=1S/C19H29N5/c1-15-19(16(2)22-21-15)14-23(3)11-6-17-7-12-24(13-8-17)18-4-9-20-10-5-18/h4-5,9-10,17H,6-8,11-14H2,1-3H3,(H,21,22). The molecule has 0 amide bonds. The SMILES string of the molecule is Cc1n[nH]c(C)c1CN(C)CCC1CCN(c2ccncc2)CC1. The van der Waals surface area contributed by atoms with E-state index in [9.17, 15) is 0 Å². The zero-order valence-corrected chi connectivity index (χ0v) is 15.1. The van der Waals surface area contributed by atoms with E-state index in [1.54, 1.807) is 0 Å². The van der Waals surface area contributed by atoms with Crippen molar-refractivity contribution in [2.75, 3.05) is 31.6 Å². The summed E-state index contributed by atoms with van der Waals surface area (Å²) < 4.78 is 0. The van der Waals surface area contributed by atoms with Crippen LogP contribution in [0.3, 0.4) is 0 Å². The Morgan fingerprint density at radius 1 is 1.21 bits per heavy atom. The summed E-state index contributed by atoms with van der Waals surface area (Å²) in [7, 11) is 2.22. The number of nitrogens with zero attached hydrogens (tertiary/aromatic N) is 4. The molecule has 0 atom stereocenters. The van der Waals surface area contributed by atoms with Crippen molar-refractivity contribution in [2.45, 2.75) is 39.7 Å². The molecule has 2 aromatic heterocycles. The van der Waals surface area contributed by atoms with Crippen molar-refractivity contribution in [3.8, 4) is 0 Å². The Kier molecular flexibility index (Phi) is 5.51. The summed E-state index contributed by atoms with van der Waals surface area (Å²) in [6, 6.07) is 4.23. The van der Waals surface area contributed by atoms with Crippen LogP contribution in [0.5, 0.6) is 0 Å². The minimum atomic E-state index is 0.845. The third kappa shape index (κ3) is 4.15. The van der Waals surface area contributed by atoms with Gasteiger partial charge in [-0.1, -0.05) is 0 Å². The highest BCUT2D eigenvalue weighted by Crippen LogP contribution is 2.25. The van der Waals surface area contributed by atoms with E-state index in [-0.39, 0.29) is 0 Å². The summed E-state index contributed by atoms with van der Waals surface area (Å²) in [5.74, 6) is 0.845. The minimum absolute atomic E-state index is 0.845. The first kappa shape index (κ1) is 17.0. The number of hydrogen-bond acceptors (Lipinski definition) is 4. The lowest BCUT2D eigenvalue weighted by Gasteiger charge is -2.34. The lowest BCUT2D eigenvalue weighted by Crippen LogP contribution is -2.34. The summed E-state index contributed by atoms with van der Waals surface area (Å²) in [4.78, 5) is 9.02. The largest absolute Gasteiger partial charge is 0.371 e. The fraction of sp³-hybridized carbons (Fsp3) is 0.579. The third-order valence-electron chi connectivity index (χ3n) is 5.27. The fourth-order valence-corrected chi connectivity index (χ4v) is 3.59. The van der Waals surface area contributed by atoms with Gasteiger partial charge in [-0.2, -0.15) is 5.10 Å². The quantitative estimate of drug-likeness (QED) is 0.885. The summed E-state index contributed by atoms with van der Waals surface area (Å²) in [6.07, 6.45) is 7.64. The first-order valence-corrected chi connectivity index (χ1v) is 8.97. The lowest BCUT2D eigenvalue weighted by atomic mass is 9.93. The van der Waals surface area contributed by atoms with Gasteiger partial charge < -0.3 is 9.80 Å². The summed E-state index contributed by atoms with van der Waals surface area (Å²) in [6.45, 7) is 8.67. The van der Waals surface area contributed by atoms with Crippen LogP contribution in [0.2, 0.25) is 0 Å². The number of pyridine rings is 1. The maximum atomic E-state index is 4.29. The van der Waals surface area contributed by atoms with Crippen molar-refractivity contribution in [1.82, 2.24) is 20.1 Å². The number of hydrogen-bond donors (Lipinski definition) is 1. The van der Waals surface area contributed by atoms with Gasteiger partial charge in [0.25, 0.3) is 0 Å². The van der Waals surface area contributed by atoms with E-state index in [0.29, 0.717) is 0 Å². The molecule has 1 aliphatic rings. The molecular weight excluding hydrogens is 298 g/mol. The molecule has 0 saturated carbocycles. The van der Waals surface area contributed by atoms with Crippen LogP contribution in [0.1, 0.15) is 36.2 Å². The molecule has 1 fully saturated rings. The van der Waals surface area contributed by atoms with Gasteiger partial charge in [-0.25, -0.2) is 0 Å². The van der Waals surface area contributed by atoms with E-state index in [0.717, 1.165) is 24.7 Å². The van der Waals surface area contributed by atoms with Crippen LogP contribution >= 0.6 is 0 Å². The molecule has 2 aromatic rings. The molecule has 3 heterocycles. The number of aromatic nitrogens is 3. The molecule has 1 saturated heterocycles. The van der Waals surface area contributed by atoms with Crippen molar-refractivity contribution in [3.05, 3.63) is 41.5 Å². The number of aryl methyl sites for hydroxylation is 2.